The van der Waals surface area contributed by atoms with Gasteiger partial charge >= 0.3 is 0 Å². The highest BCUT2D eigenvalue weighted by atomic mass is 79.9. The van der Waals surface area contributed by atoms with Crippen LogP contribution in [0.4, 0.5) is 0 Å². The molecule has 3 heterocycles. The number of amides is 1. The number of nitrogens with zero attached hydrogens (tertiary/aromatic N) is 2. The van der Waals surface area contributed by atoms with Gasteiger partial charge in [0.15, 0.2) is 0 Å². The number of nitrogen functional groups attached to an aromatic ring is 1. The monoisotopic (exact) mass is 475 g/mol. The number of piperidine rings is 1. The lowest BCUT2D eigenvalue weighted by Crippen LogP contribution is -3.00. The smallest absolute Gasteiger partial charge is 0.223 e. The molecular weight excluding hydrogens is 446 g/mol. The number of benzene rings is 1. The molecule has 4 rings (SSSR count). The van der Waals surface area contributed by atoms with Crippen molar-refractivity contribution in [2.75, 3.05) is 12.4 Å². The van der Waals surface area contributed by atoms with Gasteiger partial charge in [0, 0.05) is 19.0 Å². The van der Waals surface area contributed by atoms with Crippen LogP contribution in [0.3, 0.4) is 0 Å². The largest absolute Gasteiger partial charge is 1.00 e. The van der Waals surface area contributed by atoms with Crippen LogP contribution in [0.5, 0.6) is 5.75 Å². The predicted molar refractivity (Wildman–Crippen MR) is 110 cm³/mol. The quantitative estimate of drug-likeness (QED) is 0.491. The minimum atomic E-state index is -0.598. The summed E-state index contributed by atoms with van der Waals surface area (Å²) >= 11 is 0. The number of carbonyl (C=O) groups is 1. The predicted octanol–water partition coefficient (Wildman–Crippen LogP) is -0.190. The molecule has 162 valence electrons. The highest BCUT2D eigenvalue weighted by Crippen LogP contribution is 2.44. The summed E-state index contributed by atoms with van der Waals surface area (Å²) in [6, 6.07) is 9.84. The molecular formula is C23H30BrN3O3. The number of fused-ring (bicyclic) bond motifs is 1. The normalized spacial score (nSPS) is 22.6. The van der Waals surface area contributed by atoms with Gasteiger partial charge in [0.25, 0.3) is 0 Å². The summed E-state index contributed by atoms with van der Waals surface area (Å²) in [5.74, 6) is 6.95. The van der Waals surface area contributed by atoms with Crippen molar-refractivity contribution in [3.05, 3.63) is 59.4 Å². The molecule has 6 nitrogen and oxygen atoms in total. The number of pyridine rings is 1. The Morgan fingerprint density at radius 1 is 1.27 bits per heavy atom. The van der Waals surface area contributed by atoms with Gasteiger partial charge in [0.05, 0.1) is 18.2 Å². The van der Waals surface area contributed by atoms with E-state index in [0.717, 1.165) is 36.3 Å². The molecule has 2 aliphatic heterocycles. The highest BCUT2D eigenvalue weighted by Gasteiger charge is 2.49. The molecule has 30 heavy (non-hydrogen) atoms. The van der Waals surface area contributed by atoms with Crippen molar-refractivity contribution in [3.8, 4) is 5.75 Å². The summed E-state index contributed by atoms with van der Waals surface area (Å²) < 4.78 is 14.4. The summed E-state index contributed by atoms with van der Waals surface area (Å²) in [4.78, 5) is 14.8. The van der Waals surface area contributed by atoms with Gasteiger partial charge in [-0.05, 0) is 44.7 Å². The Kier molecular flexibility index (Phi) is 6.72. The fourth-order valence-electron chi connectivity index (χ4n) is 4.41. The van der Waals surface area contributed by atoms with Gasteiger partial charge in [-0.25, -0.2) is 5.84 Å². The van der Waals surface area contributed by atoms with Gasteiger partial charge in [0.2, 0.25) is 18.3 Å². The van der Waals surface area contributed by atoms with Crippen molar-refractivity contribution in [2.45, 2.75) is 64.4 Å². The standard InChI is InChI=1S/C23H30N3O3.BrH/c1-16-8-4-5-9-17(16)15-28-22-21(26-12-7-6-10-20(26)27)18-14-25(24)13-11-19(18)29-23(22,2)3;/h4-5,8-9,11,13-14,21-22H,6-7,10,12,15,24H2,1-3H3;1H/q+1;/p-1. The SMILES string of the molecule is Cc1ccccc1COC1C(N2CCCCC2=O)c2c[n+](N)ccc2OC1(C)C.[Br-]. The first-order valence-electron chi connectivity index (χ1n) is 10.3. The number of hydrogen-bond acceptors (Lipinski definition) is 4. The second-order valence-corrected chi connectivity index (χ2v) is 8.56. The molecule has 1 aromatic heterocycles. The van der Waals surface area contributed by atoms with Crippen LogP contribution < -0.4 is 32.2 Å². The first-order chi connectivity index (χ1) is 13.9. The summed E-state index contributed by atoms with van der Waals surface area (Å²) in [5, 5.41) is 0. The van der Waals surface area contributed by atoms with Crippen LogP contribution >= 0.6 is 0 Å². The maximum Gasteiger partial charge on any atom is 0.223 e. The number of halogens is 1. The summed E-state index contributed by atoms with van der Waals surface area (Å²) in [7, 11) is 0. The van der Waals surface area contributed by atoms with Gasteiger partial charge < -0.3 is 31.4 Å². The second-order valence-electron chi connectivity index (χ2n) is 8.56. The molecule has 2 N–H and O–H groups in total. The van der Waals surface area contributed by atoms with Crippen molar-refractivity contribution in [3.63, 3.8) is 0 Å². The Balaban J connectivity index is 0.00000256. The average molecular weight is 476 g/mol. The number of nitrogens with two attached hydrogens (primary N) is 1. The maximum absolute atomic E-state index is 12.9. The van der Waals surface area contributed by atoms with Crippen molar-refractivity contribution in [1.82, 2.24) is 4.90 Å². The van der Waals surface area contributed by atoms with E-state index < -0.39 is 5.60 Å². The molecule has 0 spiro atoms. The van der Waals surface area contributed by atoms with Crippen LogP contribution in [0.15, 0.2) is 42.7 Å². The van der Waals surface area contributed by atoms with Crippen LogP contribution in [0.25, 0.3) is 0 Å². The minimum Gasteiger partial charge on any atom is -1.00 e. The fourth-order valence-corrected chi connectivity index (χ4v) is 4.41. The second kappa shape index (κ2) is 8.94. The molecule has 1 saturated heterocycles. The zero-order valence-electron chi connectivity index (χ0n) is 17.8. The van der Waals surface area contributed by atoms with Crippen LogP contribution in [0.1, 0.15) is 55.8 Å². The Morgan fingerprint density at radius 3 is 2.77 bits per heavy atom. The number of likely N-dealkylation sites (tertiary alicyclic amines) is 1. The molecule has 1 fully saturated rings. The topological polar surface area (TPSA) is 68.7 Å². The third-order valence-electron chi connectivity index (χ3n) is 6.01. The molecule has 2 aliphatic rings. The molecule has 1 aromatic carbocycles. The minimum absolute atomic E-state index is 0. The number of aromatic nitrogens is 1. The maximum atomic E-state index is 12.9. The Labute approximate surface area is 188 Å². The van der Waals surface area contributed by atoms with Crippen LogP contribution in [-0.4, -0.2) is 29.1 Å². The van der Waals surface area contributed by atoms with E-state index in [0.29, 0.717) is 13.0 Å². The lowest BCUT2D eigenvalue weighted by atomic mass is 9.85. The van der Waals surface area contributed by atoms with Crippen molar-refractivity contribution >= 4 is 5.91 Å². The van der Waals surface area contributed by atoms with Crippen molar-refractivity contribution < 1.29 is 35.9 Å². The van der Waals surface area contributed by atoms with Crippen LogP contribution in [-0.2, 0) is 16.1 Å². The lowest BCUT2D eigenvalue weighted by Gasteiger charge is -2.48. The van der Waals surface area contributed by atoms with E-state index in [9.17, 15) is 4.79 Å². The third-order valence-corrected chi connectivity index (χ3v) is 6.01. The zero-order chi connectivity index (χ0) is 20.6. The molecule has 0 saturated carbocycles. The van der Waals surface area contributed by atoms with Gasteiger partial charge in [0.1, 0.15) is 17.5 Å². The van der Waals surface area contributed by atoms with Gasteiger partial charge in [-0.2, -0.15) is 0 Å². The number of carbonyl (C=O) groups excluding carboxylic acids is 1. The van der Waals surface area contributed by atoms with E-state index in [1.165, 1.54) is 10.2 Å². The molecule has 0 bridgehead atoms. The number of ether oxygens (including phenoxy) is 2. The van der Waals surface area contributed by atoms with E-state index in [-0.39, 0.29) is 35.0 Å². The van der Waals surface area contributed by atoms with E-state index in [4.69, 9.17) is 15.3 Å². The number of rotatable bonds is 4. The molecule has 7 heteroatoms. The number of hydrogen-bond donors (Lipinski definition) is 1. The van der Waals surface area contributed by atoms with Gasteiger partial charge in [-0.1, -0.05) is 28.9 Å². The van der Waals surface area contributed by atoms with Gasteiger partial charge in [-0.3, -0.25) is 4.79 Å². The Morgan fingerprint density at radius 2 is 2.03 bits per heavy atom. The summed E-state index contributed by atoms with van der Waals surface area (Å²) in [6.07, 6.45) is 5.81. The van der Waals surface area contributed by atoms with Crippen molar-refractivity contribution in [1.29, 1.82) is 0 Å². The summed E-state index contributed by atoms with van der Waals surface area (Å²) in [6.45, 7) is 7.34. The molecule has 0 aliphatic carbocycles. The average Bonchev–Trinajstić information content (AvgIpc) is 2.68. The zero-order valence-corrected chi connectivity index (χ0v) is 19.4. The number of aryl methyl sites for hydroxylation is 1. The molecule has 1 amide bonds. The van der Waals surface area contributed by atoms with E-state index >= 15 is 0 Å². The summed E-state index contributed by atoms with van der Waals surface area (Å²) in [5.41, 5.74) is 2.63. The molecule has 2 aromatic rings. The first kappa shape index (κ1) is 22.6. The van der Waals surface area contributed by atoms with Crippen LogP contribution in [0, 0.1) is 6.92 Å². The fraction of sp³-hybridized carbons (Fsp3) is 0.478. The molecule has 2 unspecified atom stereocenters. The van der Waals surface area contributed by atoms with Crippen molar-refractivity contribution in [2.24, 2.45) is 0 Å². The molecule has 0 radical (unpaired) electrons. The Bertz CT molecular complexity index is 918. The van der Waals surface area contributed by atoms with E-state index in [2.05, 4.69) is 19.1 Å². The highest BCUT2D eigenvalue weighted by molar-refractivity contribution is 5.77. The van der Waals surface area contributed by atoms with Gasteiger partial charge in [-0.15, -0.1) is 0 Å². The Hall–Kier alpha value is -2.12. The van der Waals surface area contributed by atoms with E-state index in [1.807, 2.05) is 43.1 Å². The lowest BCUT2D eigenvalue weighted by molar-refractivity contribution is -0.639. The van der Waals surface area contributed by atoms with Crippen LogP contribution in [0.2, 0.25) is 0 Å². The molecule has 2 atom stereocenters. The third kappa shape index (κ3) is 4.32. The van der Waals surface area contributed by atoms with E-state index in [1.54, 1.807) is 6.20 Å². The first-order valence-corrected chi connectivity index (χ1v) is 10.3.